The number of hydrogen-bond donors (Lipinski definition) is 0. The molecule has 0 aliphatic heterocycles. The lowest BCUT2D eigenvalue weighted by atomic mass is 9.97. The monoisotopic (exact) mass is 240 g/mol. The minimum atomic E-state index is -0.529. The van der Waals surface area contributed by atoms with Gasteiger partial charge in [-0.25, -0.2) is 0 Å². The summed E-state index contributed by atoms with van der Waals surface area (Å²) in [5.74, 6) is -0.529. The number of hydrogen-bond acceptors (Lipinski definition) is 2. The first-order valence-corrected chi connectivity index (χ1v) is 5.81. The van der Waals surface area contributed by atoms with Gasteiger partial charge in [-0.1, -0.05) is 56.0 Å². The number of carbonyl (C=O) groups is 2. The van der Waals surface area contributed by atoms with E-state index < -0.39 is 5.78 Å². The van der Waals surface area contributed by atoms with E-state index in [1.54, 1.807) is 12.2 Å². The second-order valence-electron chi connectivity index (χ2n) is 3.72. The predicted octanol–water partition coefficient (Wildman–Crippen LogP) is 3.45. The Morgan fingerprint density at radius 2 is 2.06 bits per heavy atom. The molecule has 1 aromatic rings. The summed E-state index contributed by atoms with van der Waals surface area (Å²) in [6.07, 6.45) is 7.66. The fraction of sp³-hybridized carbons (Fsp3) is 0.125. The summed E-state index contributed by atoms with van der Waals surface area (Å²) in [4.78, 5) is 21.0. The van der Waals surface area contributed by atoms with Crippen LogP contribution in [0, 0.1) is 0 Å². The van der Waals surface area contributed by atoms with Crippen LogP contribution in [0.15, 0.2) is 49.1 Å². The largest absolute Gasteiger partial charge is 0.294 e. The normalized spacial score (nSPS) is 11.5. The third kappa shape index (κ3) is 3.67. The molecule has 0 saturated carbocycles. The maximum Gasteiger partial charge on any atom is 0.218 e. The molecule has 1 aromatic carbocycles. The van der Waals surface area contributed by atoms with Crippen LogP contribution >= 0.6 is 0 Å². The second-order valence-corrected chi connectivity index (χ2v) is 3.72. The lowest BCUT2D eigenvalue weighted by Gasteiger charge is -2.07. The highest BCUT2D eigenvalue weighted by Crippen LogP contribution is 2.22. The SMILES string of the molecule is C=Cc1ccccc1C(=CC=CC(=O)C=O)CC. The molecule has 18 heavy (non-hydrogen) atoms. The summed E-state index contributed by atoms with van der Waals surface area (Å²) >= 11 is 0. The molecule has 0 atom stereocenters. The van der Waals surface area contributed by atoms with Gasteiger partial charge in [0.1, 0.15) is 0 Å². The van der Waals surface area contributed by atoms with E-state index in [4.69, 9.17) is 0 Å². The molecule has 0 radical (unpaired) electrons. The molecule has 0 bridgehead atoms. The summed E-state index contributed by atoms with van der Waals surface area (Å²) in [6.45, 7) is 5.83. The van der Waals surface area contributed by atoms with Crippen molar-refractivity contribution in [1.29, 1.82) is 0 Å². The van der Waals surface area contributed by atoms with Crippen LogP contribution in [0.2, 0.25) is 0 Å². The van der Waals surface area contributed by atoms with Crippen LogP contribution in [0.5, 0.6) is 0 Å². The molecule has 0 aromatic heterocycles. The first-order chi connectivity index (χ1) is 8.72. The molecular weight excluding hydrogens is 224 g/mol. The van der Waals surface area contributed by atoms with Crippen molar-refractivity contribution in [2.24, 2.45) is 0 Å². The van der Waals surface area contributed by atoms with E-state index in [1.165, 1.54) is 6.08 Å². The number of ketones is 1. The maximum atomic E-state index is 10.8. The zero-order valence-corrected chi connectivity index (χ0v) is 10.4. The molecule has 0 spiro atoms. The highest BCUT2D eigenvalue weighted by molar-refractivity contribution is 6.30. The number of benzene rings is 1. The van der Waals surface area contributed by atoms with E-state index in [9.17, 15) is 9.59 Å². The smallest absolute Gasteiger partial charge is 0.218 e. The molecule has 2 heteroatoms. The van der Waals surface area contributed by atoms with E-state index >= 15 is 0 Å². The van der Waals surface area contributed by atoms with Crippen LogP contribution in [0.3, 0.4) is 0 Å². The Hall–Kier alpha value is -2.22. The fourth-order valence-corrected chi connectivity index (χ4v) is 1.66. The Kier molecular flexibility index (Phi) is 5.52. The Labute approximate surface area is 107 Å². The highest BCUT2D eigenvalue weighted by atomic mass is 16.2. The second kappa shape index (κ2) is 7.17. The zero-order chi connectivity index (χ0) is 13.4. The van der Waals surface area contributed by atoms with E-state index in [1.807, 2.05) is 37.3 Å². The van der Waals surface area contributed by atoms with Crippen LogP contribution < -0.4 is 0 Å². The number of carbonyl (C=O) groups excluding carboxylic acids is 2. The van der Waals surface area contributed by atoms with Gasteiger partial charge >= 0.3 is 0 Å². The van der Waals surface area contributed by atoms with Gasteiger partial charge in [-0.3, -0.25) is 9.59 Å². The van der Waals surface area contributed by atoms with Crippen molar-refractivity contribution in [3.05, 3.63) is 60.2 Å². The summed E-state index contributed by atoms with van der Waals surface area (Å²) < 4.78 is 0. The highest BCUT2D eigenvalue weighted by Gasteiger charge is 2.02. The van der Waals surface area contributed by atoms with Gasteiger partial charge in [-0.15, -0.1) is 0 Å². The summed E-state index contributed by atoms with van der Waals surface area (Å²) in [5.41, 5.74) is 3.25. The molecule has 0 N–H and O–H groups in total. The molecule has 92 valence electrons. The van der Waals surface area contributed by atoms with Gasteiger partial charge in [0, 0.05) is 0 Å². The van der Waals surface area contributed by atoms with Crippen LogP contribution in [0.25, 0.3) is 11.6 Å². The number of allylic oxidation sites excluding steroid dienone is 4. The molecule has 0 unspecified atom stereocenters. The summed E-state index contributed by atoms with van der Waals surface area (Å²) in [7, 11) is 0. The van der Waals surface area contributed by atoms with Crippen molar-refractivity contribution in [3.8, 4) is 0 Å². The molecule has 1 rings (SSSR count). The molecule has 0 saturated heterocycles. The molecule has 0 aliphatic carbocycles. The molecule has 0 heterocycles. The van der Waals surface area contributed by atoms with Crippen LogP contribution in [0.1, 0.15) is 24.5 Å². The number of aldehydes is 1. The van der Waals surface area contributed by atoms with Crippen molar-refractivity contribution in [2.45, 2.75) is 13.3 Å². The first-order valence-electron chi connectivity index (χ1n) is 5.81. The average molecular weight is 240 g/mol. The van der Waals surface area contributed by atoms with Gasteiger partial charge in [0.05, 0.1) is 0 Å². The molecule has 0 aliphatic rings. The zero-order valence-electron chi connectivity index (χ0n) is 10.4. The van der Waals surface area contributed by atoms with Gasteiger partial charge in [0.15, 0.2) is 6.29 Å². The van der Waals surface area contributed by atoms with E-state index in [2.05, 4.69) is 6.58 Å². The Bertz CT molecular complexity index is 508. The lowest BCUT2D eigenvalue weighted by Crippen LogP contribution is -1.91. The maximum absolute atomic E-state index is 10.8. The fourth-order valence-electron chi connectivity index (χ4n) is 1.66. The Balaban J connectivity index is 3.06. The third-order valence-electron chi connectivity index (χ3n) is 2.58. The van der Waals surface area contributed by atoms with Crippen molar-refractivity contribution in [1.82, 2.24) is 0 Å². The van der Waals surface area contributed by atoms with Crippen LogP contribution in [0.4, 0.5) is 0 Å². The Morgan fingerprint density at radius 3 is 2.67 bits per heavy atom. The minimum Gasteiger partial charge on any atom is -0.294 e. The number of rotatable bonds is 6. The van der Waals surface area contributed by atoms with Crippen molar-refractivity contribution in [2.75, 3.05) is 0 Å². The van der Waals surface area contributed by atoms with Gasteiger partial charge in [-0.05, 0) is 29.2 Å². The lowest BCUT2D eigenvalue weighted by molar-refractivity contribution is -0.126. The van der Waals surface area contributed by atoms with Crippen LogP contribution in [-0.2, 0) is 9.59 Å². The van der Waals surface area contributed by atoms with Crippen molar-refractivity contribution >= 4 is 23.7 Å². The van der Waals surface area contributed by atoms with Crippen molar-refractivity contribution in [3.63, 3.8) is 0 Å². The molecule has 0 amide bonds. The van der Waals surface area contributed by atoms with Gasteiger partial charge in [0.2, 0.25) is 5.78 Å². The summed E-state index contributed by atoms with van der Waals surface area (Å²) in [6, 6.07) is 7.93. The van der Waals surface area contributed by atoms with Gasteiger partial charge in [0.25, 0.3) is 0 Å². The minimum absolute atomic E-state index is 0.299. The Morgan fingerprint density at radius 1 is 1.33 bits per heavy atom. The molecular formula is C16H16O2. The predicted molar refractivity (Wildman–Crippen MR) is 75.0 cm³/mol. The van der Waals surface area contributed by atoms with Gasteiger partial charge in [-0.2, -0.15) is 0 Å². The van der Waals surface area contributed by atoms with Gasteiger partial charge < -0.3 is 0 Å². The van der Waals surface area contributed by atoms with E-state index in [0.717, 1.165) is 23.1 Å². The van der Waals surface area contributed by atoms with Crippen molar-refractivity contribution < 1.29 is 9.59 Å². The topological polar surface area (TPSA) is 34.1 Å². The van der Waals surface area contributed by atoms with Crippen LogP contribution in [-0.4, -0.2) is 12.1 Å². The first kappa shape index (κ1) is 13.8. The van der Waals surface area contributed by atoms with E-state index in [0.29, 0.717) is 6.29 Å². The third-order valence-corrected chi connectivity index (χ3v) is 2.58. The molecule has 0 fully saturated rings. The average Bonchev–Trinajstić information content (AvgIpc) is 2.43. The molecule has 2 nitrogen and oxygen atoms in total. The van der Waals surface area contributed by atoms with E-state index in [-0.39, 0.29) is 0 Å². The quantitative estimate of drug-likeness (QED) is 0.330. The standard InChI is InChI=1S/C16H16O2/c1-3-13-8-5-6-11-16(13)14(4-2)9-7-10-15(18)12-17/h3,5-12H,1,4H2,2H3. The summed E-state index contributed by atoms with van der Waals surface area (Å²) in [5, 5.41) is 0.